The number of nitrogens with one attached hydrogen (secondary N) is 1. The summed E-state index contributed by atoms with van der Waals surface area (Å²) in [6, 6.07) is 16.4. The number of fused-ring (bicyclic) bond motifs is 3. The van der Waals surface area contributed by atoms with Crippen LogP contribution < -0.4 is 5.32 Å². The average Bonchev–Trinajstić information content (AvgIpc) is 3.44. The maximum Gasteiger partial charge on any atom is 0.407 e. The second-order valence-electron chi connectivity index (χ2n) is 9.99. The third-order valence-corrected chi connectivity index (χ3v) is 7.87. The molecule has 35 heavy (non-hydrogen) atoms. The van der Waals surface area contributed by atoms with Gasteiger partial charge in [0.1, 0.15) is 6.61 Å². The predicted octanol–water partition coefficient (Wildman–Crippen LogP) is 4.41. The number of benzene rings is 2. The van der Waals surface area contributed by atoms with E-state index in [0.717, 1.165) is 25.7 Å². The van der Waals surface area contributed by atoms with E-state index in [4.69, 9.17) is 4.74 Å². The van der Waals surface area contributed by atoms with E-state index in [2.05, 4.69) is 29.6 Å². The number of rotatable bonds is 6. The minimum Gasteiger partial charge on any atom is -0.481 e. The van der Waals surface area contributed by atoms with E-state index in [9.17, 15) is 19.5 Å². The second-order valence-corrected chi connectivity index (χ2v) is 9.99. The molecule has 0 aromatic heterocycles. The highest BCUT2D eigenvalue weighted by molar-refractivity contribution is 5.80. The Morgan fingerprint density at radius 2 is 1.63 bits per heavy atom. The van der Waals surface area contributed by atoms with Crippen LogP contribution in [0.25, 0.3) is 11.1 Å². The highest BCUT2D eigenvalue weighted by atomic mass is 16.5. The lowest BCUT2D eigenvalue weighted by Crippen LogP contribution is -2.44. The monoisotopic (exact) mass is 476 g/mol. The lowest BCUT2D eigenvalue weighted by atomic mass is 9.95. The fourth-order valence-corrected chi connectivity index (χ4v) is 6.02. The van der Waals surface area contributed by atoms with Gasteiger partial charge in [0.25, 0.3) is 0 Å². The molecule has 2 aliphatic carbocycles. The van der Waals surface area contributed by atoms with Crippen molar-refractivity contribution in [2.24, 2.45) is 11.8 Å². The molecule has 7 nitrogen and oxygen atoms in total. The summed E-state index contributed by atoms with van der Waals surface area (Å²) in [5, 5.41) is 12.3. The van der Waals surface area contributed by atoms with Gasteiger partial charge in [-0.3, -0.25) is 9.59 Å². The van der Waals surface area contributed by atoms with Crippen molar-refractivity contribution in [1.82, 2.24) is 10.2 Å². The molecule has 7 heteroatoms. The Morgan fingerprint density at radius 3 is 2.31 bits per heavy atom. The average molecular weight is 477 g/mol. The zero-order chi connectivity index (χ0) is 24.4. The number of carboxylic acid groups (broad SMARTS) is 1. The van der Waals surface area contributed by atoms with Crippen LogP contribution >= 0.6 is 0 Å². The van der Waals surface area contributed by atoms with E-state index in [1.165, 1.54) is 22.3 Å². The van der Waals surface area contributed by atoms with E-state index in [1.807, 2.05) is 24.3 Å². The van der Waals surface area contributed by atoms with Crippen molar-refractivity contribution in [2.45, 2.75) is 50.5 Å². The maximum absolute atomic E-state index is 12.9. The van der Waals surface area contributed by atoms with Crippen LogP contribution in [0, 0.1) is 11.8 Å². The number of hydrogen-bond donors (Lipinski definition) is 2. The molecule has 1 aliphatic heterocycles. The molecule has 1 unspecified atom stereocenters. The summed E-state index contributed by atoms with van der Waals surface area (Å²) in [6.45, 7) is 1.16. The van der Waals surface area contributed by atoms with Gasteiger partial charge in [0.15, 0.2) is 0 Å². The quantitative estimate of drug-likeness (QED) is 0.644. The van der Waals surface area contributed by atoms with Crippen LogP contribution in [-0.2, 0) is 14.3 Å². The molecular weight excluding hydrogens is 444 g/mol. The number of nitrogens with zero attached hydrogens (tertiary/aromatic N) is 1. The lowest BCUT2D eigenvalue weighted by Gasteiger charge is -2.32. The first-order valence-electron chi connectivity index (χ1n) is 12.6. The second kappa shape index (κ2) is 10.1. The molecule has 1 heterocycles. The molecule has 5 rings (SSSR count). The first-order chi connectivity index (χ1) is 17.0. The third kappa shape index (κ3) is 4.90. The van der Waals surface area contributed by atoms with Crippen LogP contribution in [0.4, 0.5) is 4.79 Å². The summed E-state index contributed by atoms with van der Waals surface area (Å²) in [7, 11) is 0. The molecule has 2 amide bonds. The van der Waals surface area contributed by atoms with Gasteiger partial charge in [0, 0.05) is 31.5 Å². The van der Waals surface area contributed by atoms with Crippen molar-refractivity contribution in [3.05, 3.63) is 59.7 Å². The van der Waals surface area contributed by atoms with Crippen LogP contribution in [0.5, 0.6) is 0 Å². The van der Waals surface area contributed by atoms with Gasteiger partial charge in [-0.05, 0) is 53.9 Å². The molecule has 184 valence electrons. The molecule has 0 bridgehead atoms. The highest BCUT2D eigenvalue weighted by Gasteiger charge is 2.35. The maximum atomic E-state index is 12.9. The number of carbonyl (C=O) groups excluding carboxylic acids is 2. The van der Waals surface area contributed by atoms with Crippen LogP contribution in [0.3, 0.4) is 0 Å². The van der Waals surface area contributed by atoms with Crippen molar-refractivity contribution in [3.63, 3.8) is 0 Å². The van der Waals surface area contributed by atoms with Crippen molar-refractivity contribution in [3.8, 4) is 11.1 Å². The van der Waals surface area contributed by atoms with Crippen LogP contribution in [-0.4, -0.2) is 53.7 Å². The molecule has 0 radical (unpaired) electrons. The van der Waals surface area contributed by atoms with Gasteiger partial charge in [-0.25, -0.2) is 4.79 Å². The molecule has 1 saturated heterocycles. The van der Waals surface area contributed by atoms with Crippen molar-refractivity contribution >= 4 is 18.0 Å². The third-order valence-electron chi connectivity index (χ3n) is 7.87. The highest BCUT2D eigenvalue weighted by Crippen LogP contribution is 2.44. The number of hydrogen-bond acceptors (Lipinski definition) is 4. The molecule has 2 aromatic carbocycles. The first-order valence-corrected chi connectivity index (χ1v) is 12.6. The van der Waals surface area contributed by atoms with Gasteiger partial charge in [0.2, 0.25) is 5.91 Å². The number of ether oxygens (including phenoxy) is 1. The SMILES string of the molecule is O=C(N[C@@H]1CCC[C@H]1CC(=O)N1CCCC(C(=O)O)C1)OCC1c2ccccc2-c2ccccc21. The number of carbonyl (C=O) groups is 3. The van der Waals surface area contributed by atoms with E-state index in [-0.39, 0.29) is 36.9 Å². The molecule has 2 fully saturated rings. The Kier molecular flexibility index (Phi) is 6.75. The van der Waals surface area contributed by atoms with E-state index in [1.54, 1.807) is 4.90 Å². The Balaban J connectivity index is 1.16. The topological polar surface area (TPSA) is 95.9 Å². The predicted molar refractivity (Wildman–Crippen MR) is 131 cm³/mol. The normalized spacial score (nSPS) is 23.4. The van der Waals surface area contributed by atoms with Gasteiger partial charge in [-0.1, -0.05) is 55.0 Å². The number of aliphatic carboxylic acids is 1. The minimum atomic E-state index is -0.835. The molecule has 3 aliphatic rings. The van der Waals surface area contributed by atoms with Gasteiger partial charge >= 0.3 is 12.1 Å². The minimum absolute atomic E-state index is 0.00962. The fraction of sp³-hybridized carbons (Fsp3) is 0.464. The summed E-state index contributed by atoms with van der Waals surface area (Å²) >= 11 is 0. The number of likely N-dealkylation sites (tertiary alicyclic amines) is 1. The van der Waals surface area contributed by atoms with Gasteiger partial charge < -0.3 is 20.1 Å². The van der Waals surface area contributed by atoms with Gasteiger partial charge in [0.05, 0.1) is 5.92 Å². The Labute approximate surface area is 205 Å². The number of alkyl carbamates (subject to hydrolysis) is 1. The van der Waals surface area contributed by atoms with E-state index in [0.29, 0.717) is 19.4 Å². The zero-order valence-corrected chi connectivity index (χ0v) is 19.8. The van der Waals surface area contributed by atoms with E-state index < -0.39 is 18.0 Å². The number of carboxylic acids is 1. The van der Waals surface area contributed by atoms with Gasteiger partial charge in [-0.2, -0.15) is 0 Å². The summed E-state index contributed by atoms with van der Waals surface area (Å²) < 4.78 is 5.70. The summed E-state index contributed by atoms with van der Waals surface area (Å²) in [5.74, 6) is -1.27. The summed E-state index contributed by atoms with van der Waals surface area (Å²) in [5.41, 5.74) is 4.72. The molecule has 0 spiro atoms. The first kappa shape index (κ1) is 23.4. The fourth-order valence-electron chi connectivity index (χ4n) is 6.02. The molecular formula is C28H32N2O5. The van der Waals surface area contributed by atoms with Crippen LogP contribution in [0.1, 0.15) is 55.6 Å². The molecule has 2 N–H and O–H groups in total. The lowest BCUT2D eigenvalue weighted by molar-refractivity contribution is -0.145. The standard InChI is InChI=1S/C28H32N2O5/c31-26(30-14-6-8-19(16-30)27(32)33)15-18-7-5-13-25(18)29-28(34)35-17-24-22-11-3-1-9-20(22)21-10-2-4-12-23(21)24/h1-4,9-12,18-19,24-25H,5-8,13-17H2,(H,29,34)(H,32,33)/t18-,19?,25+/m0/s1. The van der Waals surface area contributed by atoms with Crippen LogP contribution in [0.2, 0.25) is 0 Å². The Morgan fingerprint density at radius 1 is 0.943 bits per heavy atom. The smallest absolute Gasteiger partial charge is 0.407 e. The van der Waals surface area contributed by atoms with Crippen molar-refractivity contribution in [1.29, 1.82) is 0 Å². The number of piperidine rings is 1. The number of amides is 2. The zero-order valence-electron chi connectivity index (χ0n) is 19.8. The van der Waals surface area contributed by atoms with E-state index >= 15 is 0 Å². The molecule has 1 saturated carbocycles. The van der Waals surface area contributed by atoms with Gasteiger partial charge in [-0.15, -0.1) is 0 Å². The largest absolute Gasteiger partial charge is 0.481 e. The summed E-state index contributed by atoms with van der Waals surface area (Å²) in [4.78, 5) is 38.6. The molecule has 3 atom stereocenters. The Bertz CT molecular complexity index is 1070. The Hall–Kier alpha value is -3.35. The van der Waals surface area contributed by atoms with Crippen molar-refractivity contribution in [2.75, 3.05) is 19.7 Å². The summed E-state index contributed by atoms with van der Waals surface area (Å²) in [6.07, 6.45) is 3.87. The molecule has 2 aromatic rings. The van der Waals surface area contributed by atoms with Crippen molar-refractivity contribution < 1.29 is 24.2 Å². The van der Waals surface area contributed by atoms with Crippen LogP contribution in [0.15, 0.2) is 48.5 Å².